The van der Waals surface area contributed by atoms with Crippen molar-refractivity contribution in [3.63, 3.8) is 0 Å². The van der Waals surface area contributed by atoms with Gasteiger partial charge in [0, 0.05) is 18.2 Å². The van der Waals surface area contributed by atoms with Gasteiger partial charge in [-0.3, -0.25) is 0 Å². The van der Waals surface area contributed by atoms with E-state index >= 15 is 0 Å². The molecule has 0 spiro atoms. The van der Waals surface area contributed by atoms with Crippen molar-refractivity contribution in [2.75, 3.05) is 13.3 Å². The highest BCUT2D eigenvalue weighted by Gasteiger charge is 2.31. The molecular formula is C13H20N2O4S. The number of nitrogens with one attached hydrogen (secondary N) is 1. The standard InChI is InChI=1S/C13H20N2O4S/c1-3-13(4-2,8-14)15-20(16,17)10-5-6-11-12(7-10)19-9-18-11/h5-7,15H,3-4,8-9,14H2,1-2H3. The van der Waals surface area contributed by atoms with Gasteiger partial charge in [0.15, 0.2) is 11.5 Å². The molecule has 7 heteroatoms. The highest BCUT2D eigenvalue weighted by atomic mass is 32.2. The first-order chi connectivity index (χ1) is 9.46. The Balaban J connectivity index is 2.31. The van der Waals surface area contributed by atoms with E-state index < -0.39 is 15.6 Å². The second kappa shape index (κ2) is 5.59. The van der Waals surface area contributed by atoms with E-state index in [0.717, 1.165) is 0 Å². The number of ether oxygens (including phenoxy) is 2. The predicted octanol–water partition coefficient (Wildman–Crippen LogP) is 1.21. The van der Waals surface area contributed by atoms with Gasteiger partial charge in [-0.15, -0.1) is 0 Å². The normalized spacial score (nSPS) is 14.6. The number of hydrogen-bond acceptors (Lipinski definition) is 5. The van der Waals surface area contributed by atoms with Gasteiger partial charge < -0.3 is 15.2 Å². The minimum atomic E-state index is -3.64. The maximum absolute atomic E-state index is 12.5. The molecule has 0 aromatic heterocycles. The lowest BCUT2D eigenvalue weighted by Gasteiger charge is -2.31. The minimum absolute atomic E-state index is 0.114. The van der Waals surface area contributed by atoms with Crippen molar-refractivity contribution in [3.05, 3.63) is 18.2 Å². The average Bonchev–Trinajstić information content (AvgIpc) is 2.92. The van der Waals surface area contributed by atoms with E-state index in [-0.39, 0.29) is 18.2 Å². The Morgan fingerprint density at radius 1 is 1.25 bits per heavy atom. The summed E-state index contributed by atoms with van der Waals surface area (Å²) < 4.78 is 38.0. The van der Waals surface area contributed by atoms with E-state index in [4.69, 9.17) is 15.2 Å². The van der Waals surface area contributed by atoms with Gasteiger partial charge in [-0.2, -0.15) is 0 Å². The molecule has 0 unspecified atom stereocenters. The van der Waals surface area contributed by atoms with Crippen LogP contribution in [0.4, 0.5) is 0 Å². The molecule has 6 nitrogen and oxygen atoms in total. The number of sulfonamides is 1. The predicted molar refractivity (Wildman–Crippen MR) is 75.3 cm³/mol. The molecule has 1 aromatic rings. The van der Waals surface area contributed by atoms with Gasteiger partial charge in [-0.05, 0) is 25.0 Å². The van der Waals surface area contributed by atoms with Crippen molar-refractivity contribution < 1.29 is 17.9 Å². The first-order valence-corrected chi connectivity index (χ1v) is 8.08. The Labute approximate surface area is 119 Å². The van der Waals surface area contributed by atoms with Crippen LogP contribution < -0.4 is 19.9 Å². The maximum atomic E-state index is 12.5. The fourth-order valence-corrected chi connectivity index (χ4v) is 3.68. The van der Waals surface area contributed by atoms with Crippen LogP contribution in [0.15, 0.2) is 23.1 Å². The Hall–Kier alpha value is -1.31. The van der Waals surface area contributed by atoms with E-state index in [1.165, 1.54) is 12.1 Å². The van der Waals surface area contributed by atoms with Crippen LogP contribution in [0.3, 0.4) is 0 Å². The highest BCUT2D eigenvalue weighted by molar-refractivity contribution is 7.89. The van der Waals surface area contributed by atoms with Gasteiger partial charge in [0.2, 0.25) is 16.8 Å². The zero-order valence-electron chi connectivity index (χ0n) is 11.7. The van der Waals surface area contributed by atoms with Gasteiger partial charge in [0.25, 0.3) is 0 Å². The van der Waals surface area contributed by atoms with Crippen LogP contribution in [0, 0.1) is 0 Å². The number of nitrogens with two attached hydrogens (primary N) is 1. The van der Waals surface area contributed by atoms with Gasteiger partial charge >= 0.3 is 0 Å². The fourth-order valence-electron chi connectivity index (χ4n) is 2.11. The van der Waals surface area contributed by atoms with Crippen LogP contribution in [0.25, 0.3) is 0 Å². The summed E-state index contributed by atoms with van der Waals surface area (Å²) in [7, 11) is -3.64. The molecule has 1 aliphatic heterocycles. The Bertz CT molecular complexity index is 574. The quantitative estimate of drug-likeness (QED) is 0.824. The minimum Gasteiger partial charge on any atom is -0.454 e. The zero-order chi connectivity index (χ0) is 14.8. The Kier molecular flexibility index (Phi) is 4.22. The topological polar surface area (TPSA) is 90.7 Å². The second-order valence-electron chi connectivity index (χ2n) is 4.81. The van der Waals surface area contributed by atoms with Crippen LogP contribution in [0.2, 0.25) is 0 Å². The maximum Gasteiger partial charge on any atom is 0.241 e. The van der Waals surface area contributed by atoms with Crippen LogP contribution >= 0.6 is 0 Å². The van der Waals surface area contributed by atoms with Crippen molar-refractivity contribution in [2.24, 2.45) is 5.73 Å². The fraction of sp³-hybridized carbons (Fsp3) is 0.538. The van der Waals surface area contributed by atoms with Gasteiger partial charge in [-0.1, -0.05) is 13.8 Å². The lowest BCUT2D eigenvalue weighted by Crippen LogP contribution is -2.52. The molecule has 0 saturated carbocycles. The van der Waals surface area contributed by atoms with Crippen molar-refractivity contribution in [1.29, 1.82) is 0 Å². The summed E-state index contributed by atoms with van der Waals surface area (Å²) in [6, 6.07) is 4.57. The second-order valence-corrected chi connectivity index (χ2v) is 6.49. The molecule has 0 aliphatic carbocycles. The lowest BCUT2D eigenvalue weighted by molar-refractivity contribution is 0.174. The number of rotatable bonds is 6. The highest BCUT2D eigenvalue weighted by Crippen LogP contribution is 2.34. The molecule has 0 amide bonds. The van der Waals surface area contributed by atoms with Crippen LogP contribution in [0.1, 0.15) is 26.7 Å². The van der Waals surface area contributed by atoms with E-state index in [1.807, 2.05) is 13.8 Å². The van der Waals surface area contributed by atoms with E-state index in [9.17, 15) is 8.42 Å². The molecule has 112 valence electrons. The average molecular weight is 300 g/mol. The van der Waals surface area contributed by atoms with Crippen LogP contribution in [-0.2, 0) is 10.0 Å². The molecule has 1 aromatic carbocycles. The largest absolute Gasteiger partial charge is 0.454 e. The Morgan fingerprint density at radius 2 is 1.90 bits per heavy atom. The third-order valence-corrected chi connectivity index (χ3v) is 5.33. The molecule has 0 bridgehead atoms. The number of benzene rings is 1. The summed E-state index contributed by atoms with van der Waals surface area (Å²) in [6.45, 7) is 4.20. The molecule has 0 atom stereocenters. The van der Waals surface area contributed by atoms with E-state index in [1.54, 1.807) is 6.07 Å². The molecular weight excluding hydrogens is 280 g/mol. The summed E-state index contributed by atoms with van der Waals surface area (Å²) in [6.07, 6.45) is 1.26. The molecule has 1 aliphatic rings. The third-order valence-electron chi connectivity index (χ3n) is 3.75. The molecule has 20 heavy (non-hydrogen) atoms. The van der Waals surface area contributed by atoms with Crippen LogP contribution in [0.5, 0.6) is 11.5 Å². The molecule has 3 N–H and O–H groups in total. The van der Waals surface area contributed by atoms with Gasteiger partial charge in [0.1, 0.15) is 0 Å². The summed E-state index contributed by atoms with van der Waals surface area (Å²) in [5, 5.41) is 0. The summed E-state index contributed by atoms with van der Waals surface area (Å²) in [5.41, 5.74) is 5.12. The SMILES string of the molecule is CCC(CC)(CN)NS(=O)(=O)c1ccc2c(c1)OCO2. The molecule has 0 saturated heterocycles. The van der Waals surface area contributed by atoms with E-state index in [0.29, 0.717) is 24.3 Å². The van der Waals surface area contributed by atoms with Crippen molar-refractivity contribution in [3.8, 4) is 11.5 Å². The molecule has 2 rings (SSSR count). The summed E-state index contributed by atoms with van der Waals surface area (Å²) in [4.78, 5) is 0.154. The van der Waals surface area contributed by atoms with E-state index in [2.05, 4.69) is 4.72 Å². The third kappa shape index (κ3) is 2.74. The zero-order valence-corrected chi connectivity index (χ0v) is 12.5. The van der Waals surface area contributed by atoms with Gasteiger partial charge in [-0.25, -0.2) is 13.1 Å². The summed E-state index contributed by atoms with van der Waals surface area (Å²) >= 11 is 0. The molecule has 0 radical (unpaired) electrons. The Morgan fingerprint density at radius 3 is 2.50 bits per heavy atom. The van der Waals surface area contributed by atoms with Crippen LogP contribution in [-0.4, -0.2) is 27.3 Å². The van der Waals surface area contributed by atoms with Crippen molar-refractivity contribution >= 4 is 10.0 Å². The number of fused-ring (bicyclic) bond motifs is 1. The first kappa shape index (κ1) is 15.1. The van der Waals surface area contributed by atoms with Gasteiger partial charge in [0.05, 0.1) is 4.90 Å². The molecule has 1 heterocycles. The summed E-state index contributed by atoms with van der Waals surface area (Å²) in [5.74, 6) is 0.999. The smallest absolute Gasteiger partial charge is 0.241 e. The number of hydrogen-bond donors (Lipinski definition) is 2. The lowest BCUT2D eigenvalue weighted by atomic mass is 9.95. The van der Waals surface area contributed by atoms with Crippen molar-refractivity contribution in [1.82, 2.24) is 4.72 Å². The monoisotopic (exact) mass is 300 g/mol. The van der Waals surface area contributed by atoms with Crippen molar-refractivity contribution in [2.45, 2.75) is 37.1 Å². The molecule has 0 fully saturated rings. The first-order valence-electron chi connectivity index (χ1n) is 6.60.